The van der Waals surface area contributed by atoms with E-state index in [0.29, 0.717) is 11.6 Å². The Balaban J connectivity index is 1.95. The summed E-state index contributed by atoms with van der Waals surface area (Å²) in [7, 11) is 0. The van der Waals surface area contributed by atoms with Crippen molar-refractivity contribution in [2.45, 2.75) is 24.5 Å². The maximum absolute atomic E-state index is 11.4. The molecule has 6 heteroatoms. The number of hydrogen-bond acceptors (Lipinski definition) is 6. The molecule has 0 saturated carbocycles. The van der Waals surface area contributed by atoms with Crippen molar-refractivity contribution >= 4 is 29.1 Å². The Morgan fingerprint density at radius 2 is 2.44 bits per heavy atom. The first-order valence-corrected chi connectivity index (χ1v) is 7.35. The lowest BCUT2D eigenvalue weighted by atomic mass is 10.5. The Bertz CT molecular complexity index is 533. The number of aryl methyl sites for hydroxylation is 1. The molecule has 0 aliphatic heterocycles. The molecule has 0 unspecified atom stereocenters. The molecular weight excluding hydrogens is 270 g/mol. The van der Waals surface area contributed by atoms with E-state index in [0.717, 1.165) is 22.1 Å². The van der Waals surface area contributed by atoms with Crippen LogP contribution in [0.5, 0.6) is 0 Å². The standard InChI is InChI=1S/C12H13NO3S2/c1-3-15-12(14)11-13-9(7-18-11)6-17-10-4-5-16-8(10)2/h4-5,7H,3,6H2,1-2H3. The molecule has 0 fully saturated rings. The summed E-state index contributed by atoms with van der Waals surface area (Å²) in [5.74, 6) is 1.27. The predicted octanol–water partition coefficient (Wildman–Crippen LogP) is 3.51. The number of esters is 1. The number of thiazole rings is 1. The molecule has 0 aliphatic carbocycles. The van der Waals surface area contributed by atoms with E-state index in [4.69, 9.17) is 9.15 Å². The minimum absolute atomic E-state index is 0.349. The van der Waals surface area contributed by atoms with Gasteiger partial charge in [0, 0.05) is 16.0 Å². The van der Waals surface area contributed by atoms with Gasteiger partial charge in [0.05, 0.1) is 18.6 Å². The van der Waals surface area contributed by atoms with Crippen molar-refractivity contribution in [1.82, 2.24) is 4.98 Å². The zero-order chi connectivity index (χ0) is 13.0. The molecule has 4 nitrogen and oxygen atoms in total. The fraction of sp³-hybridized carbons (Fsp3) is 0.333. The van der Waals surface area contributed by atoms with E-state index in [1.807, 2.05) is 18.4 Å². The van der Waals surface area contributed by atoms with Gasteiger partial charge in [0.25, 0.3) is 0 Å². The number of rotatable bonds is 5. The summed E-state index contributed by atoms with van der Waals surface area (Å²) < 4.78 is 10.1. The smallest absolute Gasteiger partial charge is 0.367 e. The highest BCUT2D eigenvalue weighted by Crippen LogP contribution is 2.27. The van der Waals surface area contributed by atoms with Crippen molar-refractivity contribution in [2.24, 2.45) is 0 Å². The Morgan fingerprint density at radius 3 is 3.11 bits per heavy atom. The molecule has 0 atom stereocenters. The Labute approximate surface area is 113 Å². The number of furan rings is 1. The average molecular weight is 283 g/mol. The number of hydrogen-bond donors (Lipinski definition) is 0. The first-order valence-electron chi connectivity index (χ1n) is 5.49. The second kappa shape index (κ2) is 6.06. The topological polar surface area (TPSA) is 52.3 Å². The first kappa shape index (κ1) is 13.2. The second-order valence-electron chi connectivity index (χ2n) is 3.49. The van der Waals surface area contributed by atoms with Crippen LogP contribution in [0.25, 0.3) is 0 Å². The number of thioether (sulfide) groups is 1. The Hall–Kier alpha value is -1.27. The SMILES string of the molecule is CCOC(=O)c1nc(CSc2ccoc2C)cs1. The van der Waals surface area contributed by atoms with Crippen molar-refractivity contribution in [3.8, 4) is 0 Å². The molecule has 0 amide bonds. The van der Waals surface area contributed by atoms with Crippen LogP contribution in [0.4, 0.5) is 0 Å². The summed E-state index contributed by atoms with van der Waals surface area (Å²) in [6.07, 6.45) is 1.67. The highest BCUT2D eigenvalue weighted by Gasteiger charge is 2.12. The third kappa shape index (κ3) is 3.14. The molecule has 0 N–H and O–H groups in total. The van der Waals surface area contributed by atoms with E-state index in [9.17, 15) is 4.79 Å². The van der Waals surface area contributed by atoms with Gasteiger partial charge in [0.15, 0.2) is 0 Å². The molecule has 0 saturated heterocycles. The minimum atomic E-state index is -0.349. The summed E-state index contributed by atoms with van der Waals surface area (Å²) in [4.78, 5) is 16.8. The molecule has 0 bridgehead atoms. The van der Waals surface area contributed by atoms with Gasteiger partial charge in [-0.25, -0.2) is 9.78 Å². The van der Waals surface area contributed by atoms with Gasteiger partial charge in [-0.1, -0.05) is 0 Å². The van der Waals surface area contributed by atoms with E-state index >= 15 is 0 Å². The van der Waals surface area contributed by atoms with Crippen molar-refractivity contribution in [3.05, 3.63) is 34.2 Å². The van der Waals surface area contributed by atoms with Gasteiger partial charge in [-0.3, -0.25) is 0 Å². The lowest BCUT2D eigenvalue weighted by Gasteiger charge is -1.97. The molecule has 2 rings (SSSR count). The van der Waals surface area contributed by atoms with Gasteiger partial charge < -0.3 is 9.15 Å². The normalized spacial score (nSPS) is 10.6. The molecule has 0 spiro atoms. The van der Waals surface area contributed by atoms with Crippen LogP contribution in [-0.2, 0) is 10.5 Å². The third-order valence-corrected chi connectivity index (χ3v) is 4.23. The van der Waals surface area contributed by atoms with Gasteiger partial charge in [-0.05, 0) is 19.9 Å². The molecular formula is C12H13NO3S2. The van der Waals surface area contributed by atoms with Crippen molar-refractivity contribution < 1.29 is 13.9 Å². The molecule has 96 valence electrons. The summed E-state index contributed by atoms with van der Waals surface area (Å²) in [5, 5.41) is 2.30. The number of carbonyl (C=O) groups is 1. The second-order valence-corrected chi connectivity index (χ2v) is 5.37. The number of aromatic nitrogens is 1. The average Bonchev–Trinajstić information content (AvgIpc) is 2.96. The van der Waals surface area contributed by atoms with Gasteiger partial charge in [-0.2, -0.15) is 0 Å². The highest BCUT2D eigenvalue weighted by molar-refractivity contribution is 7.98. The van der Waals surface area contributed by atoms with Crippen molar-refractivity contribution in [3.63, 3.8) is 0 Å². The van der Waals surface area contributed by atoms with Gasteiger partial charge >= 0.3 is 5.97 Å². The maximum Gasteiger partial charge on any atom is 0.367 e. The summed E-state index contributed by atoms with van der Waals surface area (Å²) in [6, 6.07) is 1.93. The zero-order valence-corrected chi connectivity index (χ0v) is 11.8. The van der Waals surface area contributed by atoms with Crippen LogP contribution < -0.4 is 0 Å². The quantitative estimate of drug-likeness (QED) is 0.621. The summed E-state index contributed by atoms with van der Waals surface area (Å²) in [6.45, 7) is 4.08. The highest BCUT2D eigenvalue weighted by atomic mass is 32.2. The van der Waals surface area contributed by atoms with Gasteiger partial charge in [0.2, 0.25) is 5.01 Å². The van der Waals surface area contributed by atoms with E-state index in [2.05, 4.69) is 4.98 Å². The van der Waals surface area contributed by atoms with Crippen molar-refractivity contribution in [1.29, 1.82) is 0 Å². The largest absolute Gasteiger partial charge is 0.468 e. The number of nitrogens with zero attached hydrogens (tertiary/aromatic N) is 1. The van der Waals surface area contributed by atoms with Crippen molar-refractivity contribution in [2.75, 3.05) is 6.61 Å². The van der Waals surface area contributed by atoms with Crippen LogP contribution in [-0.4, -0.2) is 17.6 Å². The third-order valence-electron chi connectivity index (χ3n) is 2.19. The molecule has 0 radical (unpaired) electrons. The van der Waals surface area contributed by atoms with Crippen LogP contribution in [0.3, 0.4) is 0 Å². The molecule has 2 aromatic rings. The number of ether oxygens (including phenoxy) is 1. The Kier molecular flexibility index (Phi) is 4.43. The van der Waals surface area contributed by atoms with Crippen LogP contribution >= 0.6 is 23.1 Å². The summed E-state index contributed by atoms with van der Waals surface area (Å²) in [5.41, 5.74) is 0.883. The lowest BCUT2D eigenvalue weighted by molar-refractivity contribution is 0.0525. The van der Waals surface area contributed by atoms with Gasteiger partial charge in [0.1, 0.15) is 5.76 Å². The molecule has 0 aliphatic rings. The molecule has 2 heterocycles. The van der Waals surface area contributed by atoms with Crippen LogP contribution in [0, 0.1) is 6.92 Å². The van der Waals surface area contributed by atoms with E-state index < -0.39 is 0 Å². The first-order chi connectivity index (χ1) is 8.70. The zero-order valence-electron chi connectivity index (χ0n) is 10.1. The van der Waals surface area contributed by atoms with E-state index in [1.165, 1.54) is 11.3 Å². The van der Waals surface area contributed by atoms with Crippen LogP contribution in [0.15, 0.2) is 27.0 Å². The maximum atomic E-state index is 11.4. The van der Waals surface area contributed by atoms with Crippen LogP contribution in [0.2, 0.25) is 0 Å². The Morgan fingerprint density at radius 1 is 1.61 bits per heavy atom. The summed E-state index contributed by atoms with van der Waals surface area (Å²) >= 11 is 2.96. The van der Waals surface area contributed by atoms with Gasteiger partial charge in [-0.15, -0.1) is 23.1 Å². The van der Waals surface area contributed by atoms with Crippen LogP contribution in [0.1, 0.15) is 28.2 Å². The van der Waals surface area contributed by atoms with E-state index in [1.54, 1.807) is 24.9 Å². The van der Waals surface area contributed by atoms with E-state index in [-0.39, 0.29) is 5.97 Å². The molecule has 2 aromatic heterocycles. The molecule has 0 aromatic carbocycles. The molecule has 18 heavy (non-hydrogen) atoms. The minimum Gasteiger partial charge on any atom is -0.468 e. The number of carbonyl (C=O) groups excluding carboxylic acids is 1. The lowest BCUT2D eigenvalue weighted by Crippen LogP contribution is -2.03. The monoisotopic (exact) mass is 283 g/mol. The predicted molar refractivity (Wildman–Crippen MR) is 71.1 cm³/mol. The fourth-order valence-electron chi connectivity index (χ4n) is 1.33. The fourth-order valence-corrected chi connectivity index (χ4v) is 3.00.